The highest BCUT2D eigenvalue weighted by Gasteiger charge is 2.26. The van der Waals surface area contributed by atoms with E-state index >= 15 is 0 Å². The number of carboxylic acid groups (broad SMARTS) is 3. The summed E-state index contributed by atoms with van der Waals surface area (Å²) in [5, 5.41) is 41.1. The molecule has 5 N–H and O–H groups in total. The molecule has 2 atom stereocenters. The summed E-state index contributed by atoms with van der Waals surface area (Å²) in [5.41, 5.74) is 0.818. The molecule has 2 rings (SSSR count). The predicted molar refractivity (Wildman–Crippen MR) is 90.6 cm³/mol. The van der Waals surface area contributed by atoms with E-state index in [9.17, 15) is 24.6 Å². The minimum absolute atomic E-state index is 0.0399. The Bertz CT molecular complexity index is 825. The van der Waals surface area contributed by atoms with E-state index in [0.29, 0.717) is 11.1 Å². The first-order valence-corrected chi connectivity index (χ1v) is 7.98. The quantitative estimate of drug-likeness (QED) is 0.329. The predicted octanol–water partition coefficient (Wildman–Crippen LogP) is -2.45. The van der Waals surface area contributed by atoms with Gasteiger partial charge in [-0.05, 0) is 29.3 Å². The number of aliphatic carboxylic acids is 3. The highest BCUT2D eigenvalue weighted by atomic mass is 16.4. The van der Waals surface area contributed by atoms with Crippen LogP contribution < -0.4 is 15.4 Å². The smallest absolute Gasteiger partial charge is 0.351 e. The molecule has 9 nitrogen and oxygen atoms in total. The first-order chi connectivity index (χ1) is 12.8. The zero-order valence-corrected chi connectivity index (χ0v) is 14.1. The molecule has 0 aromatic heterocycles. The fourth-order valence-electron chi connectivity index (χ4n) is 2.50. The molecular weight excluding hydrogens is 356 g/mol. The monoisotopic (exact) mass is 374 g/mol. The van der Waals surface area contributed by atoms with Crippen LogP contribution in [0.4, 0.5) is 0 Å². The number of benzene rings is 1. The van der Waals surface area contributed by atoms with Crippen LogP contribution in [0.25, 0.3) is 0 Å². The van der Waals surface area contributed by atoms with Crippen molar-refractivity contribution in [2.24, 2.45) is 0 Å². The second kappa shape index (κ2) is 8.65. The fourth-order valence-corrected chi connectivity index (χ4v) is 2.50. The average Bonchev–Trinajstić information content (AvgIpc) is 2.62. The van der Waals surface area contributed by atoms with E-state index in [1.54, 1.807) is 12.1 Å². The van der Waals surface area contributed by atoms with Crippen LogP contribution in [0.2, 0.25) is 0 Å². The highest BCUT2D eigenvalue weighted by molar-refractivity contribution is 5.89. The summed E-state index contributed by atoms with van der Waals surface area (Å²) < 4.78 is 0. The van der Waals surface area contributed by atoms with Gasteiger partial charge in [0.1, 0.15) is 23.5 Å². The van der Waals surface area contributed by atoms with E-state index in [0.717, 1.165) is 0 Å². The molecule has 2 unspecified atom stereocenters. The molecule has 0 bridgehead atoms. The van der Waals surface area contributed by atoms with Crippen molar-refractivity contribution >= 4 is 24.1 Å². The van der Waals surface area contributed by atoms with Gasteiger partial charge in [-0.25, -0.2) is 14.6 Å². The first-order valence-electron chi connectivity index (χ1n) is 7.98. The maximum Gasteiger partial charge on any atom is 0.351 e. The number of phenols is 1. The number of carbonyl (C=O) groups excluding carboxylic acids is 1. The number of allylic oxidation sites excluding steroid dienone is 2. The zero-order chi connectivity index (χ0) is 20.0. The Kier molecular flexibility index (Phi) is 6.32. The number of carbonyl (C=O) groups is 3. The number of hydrogen-bond acceptors (Lipinski definition) is 6. The third-order valence-electron chi connectivity index (χ3n) is 3.88. The molecule has 0 radical (unpaired) electrons. The van der Waals surface area contributed by atoms with Gasteiger partial charge in [0.2, 0.25) is 0 Å². The lowest BCUT2D eigenvalue weighted by Gasteiger charge is -2.21. The van der Waals surface area contributed by atoms with Gasteiger partial charge in [0, 0.05) is 18.9 Å². The first kappa shape index (κ1) is 19.7. The minimum Gasteiger partial charge on any atom is -0.543 e. The summed E-state index contributed by atoms with van der Waals surface area (Å²) in [4.78, 5) is 36.2. The number of nitrogens with one attached hydrogen (secondary N) is 2. The summed E-state index contributed by atoms with van der Waals surface area (Å²) in [6.45, 7) is 0. The van der Waals surface area contributed by atoms with Crippen molar-refractivity contribution < 1.29 is 39.8 Å². The molecule has 1 heterocycles. The van der Waals surface area contributed by atoms with Gasteiger partial charge >= 0.3 is 11.9 Å². The van der Waals surface area contributed by atoms with Gasteiger partial charge in [0.25, 0.3) is 0 Å². The van der Waals surface area contributed by atoms with Crippen molar-refractivity contribution in [3.05, 3.63) is 53.3 Å². The van der Waals surface area contributed by atoms with Crippen LogP contribution in [-0.2, 0) is 20.8 Å². The lowest BCUT2D eigenvalue weighted by molar-refractivity contribution is -0.501. The van der Waals surface area contributed by atoms with Gasteiger partial charge in [-0.3, -0.25) is 0 Å². The standard InChI is InChI=1S/C18H18N2O7/c21-12-3-1-10(2-4-12)7-13(16(22)23)19-6-5-11-8-14(17(24)25)20-15(9-11)18(26)27/h1-6,8,13,15,20-21H,7,9H2,(H,22,23)(H,24,25)(H,26,27). The van der Waals surface area contributed by atoms with Gasteiger partial charge in [0.15, 0.2) is 12.3 Å². The van der Waals surface area contributed by atoms with Gasteiger partial charge in [-0.15, -0.1) is 0 Å². The summed E-state index contributed by atoms with van der Waals surface area (Å²) in [7, 11) is 0. The largest absolute Gasteiger partial charge is 0.543 e. The Morgan fingerprint density at radius 1 is 1.26 bits per heavy atom. The van der Waals surface area contributed by atoms with E-state index in [-0.39, 0.29) is 24.3 Å². The number of carboxylic acids is 3. The van der Waals surface area contributed by atoms with Crippen LogP contribution in [-0.4, -0.2) is 51.5 Å². The van der Waals surface area contributed by atoms with E-state index in [4.69, 9.17) is 10.2 Å². The Hall–Kier alpha value is -3.62. The molecule has 1 aromatic rings. The summed E-state index contributed by atoms with van der Waals surface area (Å²) >= 11 is 0. The highest BCUT2D eigenvalue weighted by Crippen LogP contribution is 2.16. The van der Waals surface area contributed by atoms with Crippen molar-refractivity contribution in [1.29, 1.82) is 0 Å². The molecule has 1 aromatic carbocycles. The molecule has 0 saturated carbocycles. The molecule has 0 amide bonds. The Balaban J connectivity index is 2.15. The number of rotatable bonds is 7. The van der Waals surface area contributed by atoms with Gasteiger partial charge in [-0.1, -0.05) is 12.1 Å². The fraction of sp³-hybridized carbons (Fsp3) is 0.222. The average molecular weight is 374 g/mol. The Morgan fingerprint density at radius 2 is 1.93 bits per heavy atom. The topological polar surface area (TPSA) is 161 Å². The van der Waals surface area contributed by atoms with E-state index in [1.165, 1.54) is 30.5 Å². The maximum absolute atomic E-state index is 11.3. The molecule has 1 aliphatic heterocycles. The summed E-state index contributed by atoms with van der Waals surface area (Å²) in [5.74, 6) is -3.76. The van der Waals surface area contributed by atoms with Crippen LogP contribution in [0.15, 0.2) is 47.7 Å². The van der Waals surface area contributed by atoms with Crippen molar-refractivity contribution in [3.8, 4) is 5.75 Å². The van der Waals surface area contributed by atoms with Crippen LogP contribution in [0, 0.1) is 0 Å². The van der Waals surface area contributed by atoms with Gasteiger partial charge < -0.3 is 30.5 Å². The van der Waals surface area contributed by atoms with Crippen molar-refractivity contribution in [1.82, 2.24) is 5.32 Å². The maximum atomic E-state index is 11.3. The number of hydrogen-bond donors (Lipinski definition) is 5. The third kappa shape index (κ3) is 5.70. The summed E-state index contributed by atoms with van der Waals surface area (Å²) in [6.07, 6.45) is 4.16. The SMILES string of the molecule is O=C(O)C1=CC(=CC=[NH+]C(Cc2ccc(O)cc2)C(=O)[O-])CC(C(=O)O)N1. The van der Waals surface area contributed by atoms with Crippen molar-refractivity contribution in [2.45, 2.75) is 24.9 Å². The van der Waals surface area contributed by atoms with Gasteiger partial charge in [-0.2, -0.15) is 0 Å². The molecule has 0 aliphatic carbocycles. The Labute approximate surface area is 154 Å². The van der Waals surface area contributed by atoms with E-state index in [1.807, 2.05) is 0 Å². The Morgan fingerprint density at radius 3 is 2.48 bits per heavy atom. The molecule has 0 fully saturated rings. The molecule has 0 spiro atoms. The molecular formula is C18H18N2O7. The third-order valence-corrected chi connectivity index (χ3v) is 3.88. The van der Waals surface area contributed by atoms with Crippen LogP contribution in [0.5, 0.6) is 5.75 Å². The van der Waals surface area contributed by atoms with Crippen molar-refractivity contribution in [2.75, 3.05) is 0 Å². The zero-order valence-electron chi connectivity index (χ0n) is 14.1. The van der Waals surface area contributed by atoms with E-state index < -0.39 is 30.0 Å². The number of aromatic hydroxyl groups is 1. The second-order valence-corrected chi connectivity index (χ2v) is 5.92. The second-order valence-electron chi connectivity index (χ2n) is 5.92. The van der Waals surface area contributed by atoms with Crippen LogP contribution in [0.3, 0.4) is 0 Å². The normalized spacial score (nSPS) is 19.3. The van der Waals surface area contributed by atoms with Crippen LogP contribution >= 0.6 is 0 Å². The van der Waals surface area contributed by atoms with Crippen LogP contribution in [0.1, 0.15) is 12.0 Å². The van der Waals surface area contributed by atoms with Crippen molar-refractivity contribution in [3.63, 3.8) is 0 Å². The summed E-state index contributed by atoms with van der Waals surface area (Å²) in [6, 6.07) is 3.88. The minimum atomic E-state index is -1.34. The molecule has 142 valence electrons. The number of phenolic OH excluding ortho intramolecular Hbond substituents is 1. The lowest BCUT2D eigenvalue weighted by Crippen LogP contribution is -2.81. The van der Waals surface area contributed by atoms with Gasteiger partial charge in [0.05, 0.1) is 0 Å². The van der Waals surface area contributed by atoms with E-state index in [2.05, 4.69) is 10.3 Å². The molecule has 1 aliphatic rings. The molecule has 9 heteroatoms. The molecule has 0 saturated heterocycles. The lowest BCUT2D eigenvalue weighted by atomic mass is 10.00. The molecule has 27 heavy (non-hydrogen) atoms.